The Morgan fingerprint density at radius 3 is 2.50 bits per heavy atom. The molecule has 1 aromatic heterocycles. The first-order valence-corrected chi connectivity index (χ1v) is 6.42. The predicted octanol–water partition coefficient (Wildman–Crippen LogP) is 1.65. The Labute approximate surface area is 101 Å². The van der Waals surface area contributed by atoms with Crippen molar-refractivity contribution >= 4 is 22.4 Å². The summed E-state index contributed by atoms with van der Waals surface area (Å²) >= 11 is 1.48. The third-order valence-electron chi connectivity index (χ3n) is 3.66. The van der Waals surface area contributed by atoms with Crippen LogP contribution in [0.3, 0.4) is 0 Å². The lowest BCUT2D eigenvalue weighted by Gasteiger charge is -2.49. The monoisotopic (exact) mass is 240 g/mol. The van der Waals surface area contributed by atoms with Crippen molar-refractivity contribution in [2.75, 3.05) is 38.3 Å². The van der Waals surface area contributed by atoms with Crippen LogP contribution in [0.5, 0.6) is 0 Å². The number of nitrogen functional groups attached to an aromatic ring is 1. The van der Waals surface area contributed by atoms with Gasteiger partial charge in [0, 0.05) is 25.2 Å². The summed E-state index contributed by atoms with van der Waals surface area (Å²) in [6.45, 7) is 1.06. The van der Waals surface area contributed by atoms with Crippen LogP contribution < -0.4 is 10.6 Å². The van der Waals surface area contributed by atoms with Gasteiger partial charge in [0.1, 0.15) is 10.8 Å². The molecule has 0 radical (unpaired) electrons. The molecule has 1 aliphatic carbocycles. The van der Waals surface area contributed by atoms with E-state index in [2.05, 4.69) is 35.3 Å². The van der Waals surface area contributed by atoms with E-state index in [1.807, 2.05) is 6.07 Å². The molecule has 1 fully saturated rings. The number of anilines is 2. The van der Waals surface area contributed by atoms with Gasteiger partial charge in [-0.05, 0) is 44.9 Å². The smallest absolute Gasteiger partial charge is 0.139 e. The van der Waals surface area contributed by atoms with Crippen molar-refractivity contribution < 1.29 is 0 Å². The topological polar surface area (TPSA) is 45.4 Å². The number of nitrogens with zero attached hydrogens (tertiary/aromatic N) is 3. The second-order valence-corrected chi connectivity index (χ2v) is 5.70. The molecule has 0 amide bonds. The molecule has 1 saturated carbocycles. The van der Waals surface area contributed by atoms with E-state index in [9.17, 15) is 0 Å². The van der Waals surface area contributed by atoms with Gasteiger partial charge in [-0.1, -0.05) is 0 Å². The number of aromatic nitrogens is 1. The van der Waals surface area contributed by atoms with Crippen molar-refractivity contribution in [2.24, 2.45) is 0 Å². The molecule has 4 nitrogen and oxygen atoms in total. The third-order valence-corrected chi connectivity index (χ3v) is 4.58. The van der Waals surface area contributed by atoms with Gasteiger partial charge < -0.3 is 15.5 Å². The van der Waals surface area contributed by atoms with Gasteiger partial charge in [-0.25, -0.2) is 0 Å². The SMILES string of the molecule is CN(CC1(N(C)C)CCC1)c1cc(N)ns1. The maximum Gasteiger partial charge on any atom is 0.139 e. The second kappa shape index (κ2) is 4.22. The Kier molecular flexibility index (Phi) is 3.08. The van der Waals surface area contributed by atoms with Crippen LogP contribution in [0.4, 0.5) is 10.8 Å². The second-order valence-electron chi connectivity index (χ2n) is 4.92. The van der Waals surface area contributed by atoms with Crippen molar-refractivity contribution in [1.29, 1.82) is 0 Å². The molecule has 0 aromatic carbocycles. The molecular formula is C11H20N4S. The highest BCUT2D eigenvalue weighted by molar-refractivity contribution is 7.10. The van der Waals surface area contributed by atoms with E-state index in [1.54, 1.807) is 0 Å². The van der Waals surface area contributed by atoms with E-state index >= 15 is 0 Å². The summed E-state index contributed by atoms with van der Waals surface area (Å²) in [7, 11) is 6.47. The zero-order valence-electron chi connectivity index (χ0n) is 10.2. The average Bonchev–Trinajstić information content (AvgIpc) is 2.57. The highest BCUT2D eigenvalue weighted by Crippen LogP contribution is 2.38. The van der Waals surface area contributed by atoms with Gasteiger partial charge in [0.2, 0.25) is 0 Å². The molecule has 16 heavy (non-hydrogen) atoms. The van der Waals surface area contributed by atoms with Crippen LogP contribution in [-0.4, -0.2) is 42.5 Å². The van der Waals surface area contributed by atoms with Crippen LogP contribution in [0, 0.1) is 0 Å². The summed E-state index contributed by atoms with van der Waals surface area (Å²) < 4.78 is 4.12. The van der Waals surface area contributed by atoms with Crippen LogP contribution in [0.1, 0.15) is 19.3 Å². The number of rotatable bonds is 4. The van der Waals surface area contributed by atoms with E-state index in [-0.39, 0.29) is 0 Å². The molecule has 5 heteroatoms. The lowest BCUT2D eigenvalue weighted by Crippen LogP contribution is -2.56. The highest BCUT2D eigenvalue weighted by Gasteiger charge is 2.40. The molecule has 90 valence electrons. The molecule has 1 aromatic rings. The van der Waals surface area contributed by atoms with E-state index in [0.29, 0.717) is 11.4 Å². The van der Waals surface area contributed by atoms with Crippen molar-refractivity contribution in [3.8, 4) is 0 Å². The van der Waals surface area contributed by atoms with Gasteiger partial charge in [0.05, 0.1) is 0 Å². The number of nitrogens with two attached hydrogens (primary N) is 1. The summed E-state index contributed by atoms with van der Waals surface area (Å²) in [6, 6.07) is 1.95. The maximum atomic E-state index is 5.65. The van der Waals surface area contributed by atoms with E-state index in [0.717, 1.165) is 11.5 Å². The fourth-order valence-electron chi connectivity index (χ4n) is 2.31. The zero-order valence-corrected chi connectivity index (χ0v) is 11.0. The quantitative estimate of drug-likeness (QED) is 0.869. The molecule has 2 N–H and O–H groups in total. The first kappa shape index (κ1) is 11.7. The Hall–Kier alpha value is -0.810. The number of hydrogen-bond donors (Lipinski definition) is 1. The minimum absolute atomic E-state index is 0.355. The molecule has 0 saturated heterocycles. The molecule has 1 aliphatic rings. The predicted molar refractivity (Wildman–Crippen MR) is 70.1 cm³/mol. The van der Waals surface area contributed by atoms with Gasteiger partial charge in [-0.3, -0.25) is 0 Å². The van der Waals surface area contributed by atoms with Gasteiger partial charge >= 0.3 is 0 Å². The molecule has 0 aliphatic heterocycles. The fraction of sp³-hybridized carbons (Fsp3) is 0.727. The summed E-state index contributed by atoms with van der Waals surface area (Å²) in [4.78, 5) is 4.63. The van der Waals surface area contributed by atoms with E-state index in [4.69, 9.17) is 5.73 Å². The molecule has 0 atom stereocenters. The van der Waals surface area contributed by atoms with Crippen LogP contribution in [0.25, 0.3) is 0 Å². The fourth-order valence-corrected chi connectivity index (χ4v) is 2.94. The van der Waals surface area contributed by atoms with Crippen molar-refractivity contribution in [2.45, 2.75) is 24.8 Å². The van der Waals surface area contributed by atoms with Gasteiger partial charge in [0.15, 0.2) is 0 Å². The van der Waals surface area contributed by atoms with Gasteiger partial charge in [-0.2, -0.15) is 4.37 Å². The summed E-state index contributed by atoms with van der Waals surface area (Å²) in [5.74, 6) is 0.624. The minimum Gasteiger partial charge on any atom is -0.383 e. The van der Waals surface area contributed by atoms with Crippen LogP contribution in [-0.2, 0) is 0 Å². The molecule has 0 bridgehead atoms. The van der Waals surface area contributed by atoms with Crippen LogP contribution in [0.15, 0.2) is 6.07 Å². The summed E-state index contributed by atoms with van der Waals surface area (Å²) in [6.07, 6.45) is 3.92. The van der Waals surface area contributed by atoms with Crippen molar-refractivity contribution in [3.63, 3.8) is 0 Å². The van der Waals surface area contributed by atoms with Crippen molar-refractivity contribution in [3.05, 3.63) is 6.07 Å². The first-order chi connectivity index (χ1) is 7.53. The summed E-state index contributed by atoms with van der Waals surface area (Å²) in [5, 5.41) is 1.16. The largest absolute Gasteiger partial charge is 0.383 e. The first-order valence-electron chi connectivity index (χ1n) is 5.64. The lowest BCUT2D eigenvalue weighted by atomic mass is 9.75. The van der Waals surface area contributed by atoms with Crippen LogP contribution in [0.2, 0.25) is 0 Å². The molecule has 0 unspecified atom stereocenters. The lowest BCUT2D eigenvalue weighted by molar-refractivity contribution is 0.0684. The Morgan fingerprint density at radius 1 is 1.44 bits per heavy atom. The number of hydrogen-bond acceptors (Lipinski definition) is 5. The molecule has 1 heterocycles. The Morgan fingerprint density at radius 2 is 2.12 bits per heavy atom. The Balaban J connectivity index is 2.04. The summed E-state index contributed by atoms with van der Waals surface area (Å²) in [5.41, 5.74) is 6.00. The van der Waals surface area contributed by atoms with Crippen LogP contribution >= 0.6 is 11.5 Å². The van der Waals surface area contributed by atoms with E-state index in [1.165, 1.54) is 30.8 Å². The normalized spacial score (nSPS) is 18.5. The average molecular weight is 240 g/mol. The van der Waals surface area contributed by atoms with Gasteiger partial charge in [-0.15, -0.1) is 0 Å². The van der Waals surface area contributed by atoms with Crippen molar-refractivity contribution in [1.82, 2.24) is 9.27 Å². The third kappa shape index (κ3) is 2.01. The Bertz CT molecular complexity index is 357. The maximum absolute atomic E-state index is 5.65. The number of likely N-dealkylation sites (N-methyl/N-ethyl adjacent to an activating group) is 2. The van der Waals surface area contributed by atoms with Gasteiger partial charge in [0.25, 0.3) is 0 Å². The van der Waals surface area contributed by atoms with E-state index < -0.39 is 0 Å². The molecule has 0 spiro atoms. The molecular weight excluding hydrogens is 220 g/mol. The standard InChI is InChI=1S/C11H20N4S/c1-14(2)11(5-4-6-11)8-15(3)10-7-9(12)13-16-10/h7H,4-6,8H2,1-3H3,(H2,12,13). The highest BCUT2D eigenvalue weighted by atomic mass is 32.1. The minimum atomic E-state index is 0.355. The molecule has 2 rings (SSSR count). The zero-order chi connectivity index (χ0) is 11.8.